The highest BCUT2D eigenvalue weighted by atomic mass is 15.2. The van der Waals surface area contributed by atoms with Gasteiger partial charge in [-0.15, -0.1) is 0 Å². The van der Waals surface area contributed by atoms with Crippen LogP contribution in [0.5, 0.6) is 0 Å². The molecule has 1 fully saturated rings. The molecule has 3 heteroatoms. The van der Waals surface area contributed by atoms with Crippen molar-refractivity contribution in [2.24, 2.45) is 5.73 Å². The molecule has 3 nitrogen and oxygen atoms in total. The van der Waals surface area contributed by atoms with Gasteiger partial charge in [0.15, 0.2) is 0 Å². The monoisotopic (exact) mass is 514 g/mol. The van der Waals surface area contributed by atoms with Gasteiger partial charge in [0.2, 0.25) is 0 Å². The summed E-state index contributed by atoms with van der Waals surface area (Å²) in [5, 5.41) is 0. The van der Waals surface area contributed by atoms with E-state index in [1.54, 1.807) is 0 Å². The number of hydrogen-bond acceptors (Lipinski definition) is 3. The lowest BCUT2D eigenvalue weighted by Gasteiger charge is -2.14. The van der Waals surface area contributed by atoms with Crippen molar-refractivity contribution in [3.63, 3.8) is 0 Å². The average Bonchev–Trinajstić information content (AvgIpc) is 3.37. The zero-order valence-electron chi connectivity index (χ0n) is 22.8. The summed E-state index contributed by atoms with van der Waals surface area (Å²) in [5.41, 5.74) is 9.49. The topological polar surface area (TPSA) is 32.5 Å². The number of likely N-dealkylation sites (tertiary alicyclic amines) is 1. The molecule has 0 spiro atoms. The lowest BCUT2D eigenvalue weighted by Crippen LogP contribution is -2.26. The first-order chi connectivity index (χ1) is 15.5. The molecule has 0 unspecified atom stereocenters. The second kappa shape index (κ2) is 35.7. The Morgan fingerprint density at radius 1 is 0.833 bits per heavy atom. The van der Waals surface area contributed by atoms with Gasteiger partial charge in [-0.2, -0.15) is 0 Å². The van der Waals surface area contributed by atoms with Crippen molar-refractivity contribution in [3.05, 3.63) is 59.3 Å². The van der Waals surface area contributed by atoms with Crippen LogP contribution in [-0.2, 0) is 0 Å². The van der Waals surface area contributed by atoms with Crippen molar-refractivity contribution in [2.75, 3.05) is 39.9 Å². The zero-order chi connectivity index (χ0) is 24.6. The average molecular weight is 514 g/mol. The summed E-state index contributed by atoms with van der Waals surface area (Å²) in [6.07, 6.45) is 22.9. The molecule has 0 radical (unpaired) electrons. The van der Waals surface area contributed by atoms with Crippen LogP contribution in [0, 0.1) is 0 Å². The maximum atomic E-state index is 5.36. The molecule has 0 saturated carbocycles. The van der Waals surface area contributed by atoms with Crippen LogP contribution in [0.15, 0.2) is 59.3 Å². The van der Waals surface area contributed by atoms with Crippen molar-refractivity contribution < 1.29 is 2.85 Å². The fraction of sp³-hybridized carbons (Fsp3) is 0.697. The molecule has 0 amide bonds. The molecule has 0 aromatic heterocycles. The number of hydrogen-bond donors (Lipinski definition) is 1. The van der Waals surface area contributed by atoms with E-state index < -0.39 is 0 Å². The predicted octanol–water partition coefficient (Wildman–Crippen LogP) is 10.5. The minimum Gasteiger partial charge on any atom is -0.318 e. The first-order valence-corrected chi connectivity index (χ1v) is 12.9. The minimum absolute atomic E-state index is 0. The highest BCUT2D eigenvalue weighted by Crippen LogP contribution is 2.14. The largest absolute Gasteiger partial charge is 0.318 e. The first kappa shape index (κ1) is 47.7. The van der Waals surface area contributed by atoms with Gasteiger partial charge in [-0.25, -0.2) is 0 Å². The fourth-order valence-corrected chi connectivity index (χ4v) is 3.16. The summed E-state index contributed by atoms with van der Waals surface area (Å²) in [6, 6.07) is 0. The Bertz CT molecular complexity index is 573. The van der Waals surface area contributed by atoms with Gasteiger partial charge in [0.1, 0.15) is 0 Å². The molecule has 2 aliphatic rings. The second-order valence-electron chi connectivity index (χ2n) is 8.16. The third kappa shape index (κ3) is 28.8. The normalized spacial score (nSPS) is 18.3. The van der Waals surface area contributed by atoms with E-state index in [1.807, 2.05) is 13.8 Å². The van der Waals surface area contributed by atoms with E-state index in [4.69, 9.17) is 5.73 Å². The quantitative estimate of drug-likeness (QED) is 0.379. The van der Waals surface area contributed by atoms with E-state index >= 15 is 0 Å². The molecule has 0 atom stereocenters. The van der Waals surface area contributed by atoms with Crippen LogP contribution in [0.2, 0.25) is 0 Å². The number of nitrogens with two attached hydrogens (primary N) is 1. The summed E-state index contributed by atoms with van der Waals surface area (Å²) in [4.78, 5) is 4.66. The van der Waals surface area contributed by atoms with Crippen LogP contribution in [0.3, 0.4) is 0 Å². The zero-order valence-corrected chi connectivity index (χ0v) is 22.8. The van der Waals surface area contributed by atoms with Gasteiger partial charge in [-0.05, 0) is 104 Å². The van der Waals surface area contributed by atoms with E-state index in [9.17, 15) is 0 Å². The van der Waals surface area contributed by atoms with E-state index in [1.165, 1.54) is 75.0 Å². The summed E-state index contributed by atoms with van der Waals surface area (Å²) in [5.74, 6) is 0. The number of rotatable bonds is 4. The number of allylic oxidation sites excluding steroid dienone is 9. The molecule has 36 heavy (non-hydrogen) atoms. The Kier molecular flexibility index (Phi) is 47.4. The van der Waals surface area contributed by atoms with Crippen LogP contribution in [0.4, 0.5) is 0 Å². The highest BCUT2D eigenvalue weighted by Gasteiger charge is 2.07. The van der Waals surface area contributed by atoms with Crippen LogP contribution >= 0.6 is 0 Å². The van der Waals surface area contributed by atoms with Crippen molar-refractivity contribution in [2.45, 2.75) is 117 Å². The molecule has 2 heterocycles. The Morgan fingerprint density at radius 2 is 1.36 bits per heavy atom. The highest BCUT2D eigenvalue weighted by molar-refractivity contribution is 5.39. The standard InChI is InChI=1S/C12H20.C10H17N.C5H12N2.C2H6.4CH4.2H2/c1-6-10(4)9-12(8-3)11(5)7-2;1-11-9-7-5-3-2-4-6-8-10-11;6-5-7-3-1-2-4-7;1-2;;;;;;/h7-9H,6H2,1-5H3;2-5H,6-10H2,1H3;1-6H2;1-2H3;4*1H4;2*1H/b10-9+,11-7?,12-8+;4-2-,5-3-;;;;;;;;. The van der Waals surface area contributed by atoms with Crippen molar-refractivity contribution in [1.82, 2.24) is 9.80 Å². The third-order valence-electron chi connectivity index (χ3n) is 5.59. The molecule has 0 aromatic carbocycles. The van der Waals surface area contributed by atoms with Crippen molar-refractivity contribution >= 4 is 0 Å². The molecular weight excluding hydrogens is 438 g/mol. The maximum absolute atomic E-state index is 5.36. The van der Waals surface area contributed by atoms with Crippen molar-refractivity contribution in [1.29, 1.82) is 0 Å². The van der Waals surface area contributed by atoms with Gasteiger partial charge in [0.25, 0.3) is 0 Å². The number of nitrogens with zero attached hydrogens (tertiary/aromatic N) is 2. The molecule has 0 aromatic rings. The van der Waals surface area contributed by atoms with Crippen LogP contribution in [0.25, 0.3) is 0 Å². The summed E-state index contributed by atoms with van der Waals surface area (Å²) in [7, 11) is 2.19. The van der Waals surface area contributed by atoms with E-state index in [2.05, 4.69) is 94.0 Å². The molecule has 222 valence electrons. The van der Waals surface area contributed by atoms with E-state index in [-0.39, 0.29) is 32.6 Å². The van der Waals surface area contributed by atoms with Gasteiger partial charge < -0.3 is 10.6 Å². The Labute approximate surface area is 234 Å². The molecular formula is C33H75N3. The lowest BCUT2D eigenvalue weighted by molar-refractivity contribution is 0.336. The molecule has 2 aliphatic heterocycles. The van der Waals surface area contributed by atoms with E-state index in [0.717, 1.165) is 13.1 Å². The predicted molar refractivity (Wildman–Crippen MR) is 179 cm³/mol. The van der Waals surface area contributed by atoms with Crippen LogP contribution in [-0.4, -0.2) is 49.7 Å². The smallest absolute Gasteiger partial charge is 0.0455 e. The van der Waals surface area contributed by atoms with Crippen LogP contribution in [0.1, 0.15) is 120 Å². The molecule has 0 aliphatic carbocycles. The lowest BCUT2D eigenvalue weighted by atomic mass is 10.0. The maximum Gasteiger partial charge on any atom is 0.0455 e. The molecule has 2 N–H and O–H groups in total. The Hall–Kier alpha value is -1.42. The summed E-state index contributed by atoms with van der Waals surface area (Å²) < 4.78 is 0. The first-order valence-electron chi connectivity index (χ1n) is 12.9. The Balaban J connectivity index is -0.0000000542. The van der Waals surface area contributed by atoms with Gasteiger partial charge in [-0.1, -0.05) is 98.6 Å². The molecule has 1 saturated heterocycles. The van der Waals surface area contributed by atoms with Crippen molar-refractivity contribution in [3.8, 4) is 0 Å². The minimum atomic E-state index is 0. The molecule has 0 bridgehead atoms. The van der Waals surface area contributed by atoms with E-state index in [0.29, 0.717) is 0 Å². The third-order valence-corrected chi connectivity index (χ3v) is 5.59. The summed E-state index contributed by atoms with van der Waals surface area (Å²) in [6.45, 7) is 20.3. The molecule has 2 rings (SSSR count). The second-order valence-corrected chi connectivity index (χ2v) is 8.16. The van der Waals surface area contributed by atoms with Crippen LogP contribution < -0.4 is 5.73 Å². The van der Waals surface area contributed by atoms with Gasteiger partial charge in [-0.3, -0.25) is 4.90 Å². The van der Waals surface area contributed by atoms with Gasteiger partial charge >= 0.3 is 0 Å². The Morgan fingerprint density at radius 3 is 1.78 bits per heavy atom. The van der Waals surface area contributed by atoms with Gasteiger partial charge in [0.05, 0.1) is 0 Å². The van der Waals surface area contributed by atoms with Gasteiger partial charge in [0, 0.05) is 16.1 Å². The fourth-order valence-electron chi connectivity index (χ4n) is 3.16. The SMILES string of the molecule is C.C.C.C.CC.CC=C(C)C(/C=C(\C)CC)=C/C.CN1CC/C=C\C=C/CCC1.NCN1CCCC1.[HH].[HH]. The summed E-state index contributed by atoms with van der Waals surface area (Å²) >= 11 is 0.